The molecule has 0 aromatic carbocycles. The zero-order valence-electron chi connectivity index (χ0n) is 10.1. The normalized spacial score (nSPS) is 22.0. The molecule has 0 bridgehead atoms. The molecule has 1 aliphatic heterocycles. The number of amides is 1. The summed E-state index contributed by atoms with van der Waals surface area (Å²) in [6, 6.07) is 0.0802. The topological polar surface area (TPSA) is 66.8 Å². The van der Waals surface area contributed by atoms with E-state index < -0.39 is 17.6 Å². The Kier molecular flexibility index (Phi) is 3.09. The molecule has 0 aromatic heterocycles. The van der Waals surface area contributed by atoms with Gasteiger partial charge in [0.2, 0.25) is 0 Å². The summed E-state index contributed by atoms with van der Waals surface area (Å²) in [6.07, 6.45) is 2.22. The fraction of sp³-hybridized carbons (Fsp3) is 0.667. The number of rotatable bonds is 4. The Balaban J connectivity index is 2.09. The molecule has 94 valence electrons. The van der Waals surface area contributed by atoms with Crippen LogP contribution in [0.5, 0.6) is 0 Å². The first-order valence-corrected chi connectivity index (χ1v) is 5.96. The summed E-state index contributed by atoms with van der Waals surface area (Å²) < 4.78 is 4.81. The Bertz CT molecular complexity index is 384. The molecule has 1 fully saturated rings. The summed E-state index contributed by atoms with van der Waals surface area (Å²) in [4.78, 5) is 24.9. The molecule has 0 unspecified atom stereocenters. The monoisotopic (exact) mass is 239 g/mol. The van der Waals surface area contributed by atoms with E-state index in [4.69, 9.17) is 4.74 Å². The molecule has 1 heterocycles. The van der Waals surface area contributed by atoms with Gasteiger partial charge in [-0.15, -0.1) is 0 Å². The van der Waals surface area contributed by atoms with Crippen molar-refractivity contribution >= 4 is 11.9 Å². The van der Waals surface area contributed by atoms with Crippen molar-refractivity contribution < 1.29 is 19.4 Å². The minimum atomic E-state index is -0.594. The van der Waals surface area contributed by atoms with Gasteiger partial charge in [0, 0.05) is 6.04 Å². The maximum Gasteiger partial charge on any atom is 0.339 e. The van der Waals surface area contributed by atoms with Gasteiger partial charge in [0.15, 0.2) is 5.76 Å². The highest BCUT2D eigenvalue weighted by atomic mass is 16.5. The number of hydrogen-bond donors (Lipinski definition) is 1. The van der Waals surface area contributed by atoms with Gasteiger partial charge < -0.3 is 14.7 Å². The highest BCUT2D eigenvalue weighted by molar-refractivity contribution is 6.05. The van der Waals surface area contributed by atoms with Crippen molar-refractivity contribution in [2.24, 2.45) is 5.92 Å². The smallest absolute Gasteiger partial charge is 0.339 e. The zero-order valence-corrected chi connectivity index (χ0v) is 10.1. The second-order valence-corrected chi connectivity index (χ2v) is 4.56. The van der Waals surface area contributed by atoms with E-state index >= 15 is 0 Å². The number of esters is 1. The molecule has 0 radical (unpaired) electrons. The van der Waals surface area contributed by atoms with Crippen molar-refractivity contribution in [2.45, 2.75) is 32.7 Å². The van der Waals surface area contributed by atoms with Crippen LogP contribution in [0.15, 0.2) is 11.3 Å². The Morgan fingerprint density at radius 2 is 2.24 bits per heavy atom. The van der Waals surface area contributed by atoms with Gasteiger partial charge in [-0.2, -0.15) is 0 Å². The van der Waals surface area contributed by atoms with Crippen LogP contribution < -0.4 is 0 Å². The van der Waals surface area contributed by atoms with E-state index in [9.17, 15) is 14.7 Å². The summed E-state index contributed by atoms with van der Waals surface area (Å²) >= 11 is 0. The summed E-state index contributed by atoms with van der Waals surface area (Å²) in [7, 11) is 0. The van der Waals surface area contributed by atoms with Gasteiger partial charge in [-0.3, -0.25) is 4.79 Å². The van der Waals surface area contributed by atoms with E-state index in [1.54, 1.807) is 11.8 Å². The minimum absolute atomic E-state index is 0.0802. The van der Waals surface area contributed by atoms with Crippen LogP contribution in [0.25, 0.3) is 0 Å². The van der Waals surface area contributed by atoms with Crippen molar-refractivity contribution in [1.29, 1.82) is 0 Å². The van der Waals surface area contributed by atoms with Crippen molar-refractivity contribution in [2.75, 3.05) is 13.2 Å². The number of ether oxygens (including phenoxy) is 1. The summed E-state index contributed by atoms with van der Waals surface area (Å²) in [5, 5.41) is 9.66. The Labute approximate surface area is 100 Å². The average Bonchev–Trinajstić information content (AvgIpc) is 3.08. The number of aliphatic hydroxyl groups is 1. The first kappa shape index (κ1) is 12.0. The Hall–Kier alpha value is -1.52. The molecule has 2 aliphatic rings. The lowest BCUT2D eigenvalue weighted by Gasteiger charge is -2.24. The van der Waals surface area contributed by atoms with Gasteiger partial charge in [-0.25, -0.2) is 4.79 Å². The van der Waals surface area contributed by atoms with E-state index in [1.165, 1.54) is 0 Å². The highest BCUT2D eigenvalue weighted by Gasteiger charge is 2.41. The SMILES string of the molecule is CCOC(=O)C1=C(O)C(=O)N([C@@H](C)C2CC2)C1. The number of nitrogens with zero attached hydrogens (tertiary/aromatic N) is 1. The van der Waals surface area contributed by atoms with E-state index in [2.05, 4.69) is 0 Å². The van der Waals surface area contributed by atoms with Crippen LogP contribution in [-0.4, -0.2) is 41.1 Å². The minimum Gasteiger partial charge on any atom is -0.503 e. The first-order chi connectivity index (χ1) is 8.06. The van der Waals surface area contributed by atoms with Crippen molar-refractivity contribution in [3.8, 4) is 0 Å². The van der Waals surface area contributed by atoms with Crippen molar-refractivity contribution in [3.63, 3.8) is 0 Å². The molecule has 1 aliphatic carbocycles. The highest BCUT2D eigenvalue weighted by Crippen LogP contribution is 2.37. The molecule has 0 aromatic rings. The average molecular weight is 239 g/mol. The largest absolute Gasteiger partial charge is 0.503 e. The second kappa shape index (κ2) is 4.39. The van der Waals surface area contributed by atoms with Gasteiger partial charge in [0.1, 0.15) is 5.57 Å². The maximum atomic E-state index is 11.8. The van der Waals surface area contributed by atoms with Gasteiger partial charge in [-0.1, -0.05) is 0 Å². The molecule has 0 spiro atoms. The number of hydrogen-bond acceptors (Lipinski definition) is 4. The lowest BCUT2D eigenvalue weighted by molar-refractivity contribution is -0.138. The molecule has 5 heteroatoms. The van der Waals surface area contributed by atoms with Gasteiger partial charge in [-0.05, 0) is 32.6 Å². The molecule has 1 saturated carbocycles. The number of carbonyl (C=O) groups is 2. The maximum absolute atomic E-state index is 11.8. The van der Waals surface area contributed by atoms with Crippen LogP contribution in [-0.2, 0) is 14.3 Å². The molecular formula is C12H17NO4. The van der Waals surface area contributed by atoms with Crippen molar-refractivity contribution in [3.05, 3.63) is 11.3 Å². The van der Waals surface area contributed by atoms with E-state index in [-0.39, 0.29) is 24.8 Å². The molecule has 5 nitrogen and oxygen atoms in total. The predicted molar refractivity (Wildman–Crippen MR) is 60.2 cm³/mol. The third-order valence-electron chi connectivity index (χ3n) is 3.40. The van der Waals surface area contributed by atoms with E-state index in [0.29, 0.717) is 5.92 Å². The molecular weight excluding hydrogens is 222 g/mol. The predicted octanol–water partition coefficient (Wildman–Crippen LogP) is 1.00. The standard InChI is InChI=1S/C12H17NO4/c1-3-17-12(16)9-6-13(11(15)10(9)14)7(2)8-4-5-8/h7-8,14H,3-6H2,1-2H3/t7-/m0/s1. The fourth-order valence-electron chi connectivity index (χ4n) is 2.12. The summed E-state index contributed by atoms with van der Waals surface area (Å²) in [5.41, 5.74) is 0.0874. The van der Waals surface area contributed by atoms with E-state index in [0.717, 1.165) is 12.8 Å². The summed E-state index contributed by atoms with van der Waals surface area (Å²) in [5.74, 6) is -0.986. The quantitative estimate of drug-likeness (QED) is 0.743. The van der Waals surface area contributed by atoms with Crippen molar-refractivity contribution in [1.82, 2.24) is 4.90 Å². The molecule has 17 heavy (non-hydrogen) atoms. The number of aliphatic hydroxyl groups excluding tert-OH is 1. The Morgan fingerprint density at radius 3 is 2.76 bits per heavy atom. The molecule has 0 saturated heterocycles. The van der Waals surface area contributed by atoms with Gasteiger partial charge in [0.05, 0.1) is 13.2 Å². The van der Waals surface area contributed by atoms with Gasteiger partial charge >= 0.3 is 5.97 Å². The van der Waals surface area contributed by atoms with Crippen LogP contribution in [0.2, 0.25) is 0 Å². The third kappa shape index (κ3) is 2.14. The van der Waals surface area contributed by atoms with E-state index in [1.807, 2.05) is 6.92 Å². The number of carbonyl (C=O) groups excluding carboxylic acids is 2. The molecule has 1 amide bonds. The lowest BCUT2D eigenvalue weighted by atomic mass is 10.2. The lowest BCUT2D eigenvalue weighted by Crippen LogP contribution is -2.37. The van der Waals surface area contributed by atoms with Crippen LogP contribution in [0.4, 0.5) is 0 Å². The first-order valence-electron chi connectivity index (χ1n) is 5.96. The second-order valence-electron chi connectivity index (χ2n) is 4.56. The Morgan fingerprint density at radius 1 is 1.59 bits per heavy atom. The molecule has 2 rings (SSSR count). The van der Waals surface area contributed by atoms with Gasteiger partial charge in [0.25, 0.3) is 5.91 Å². The zero-order chi connectivity index (χ0) is 12.6. The molecule has 1 N–H and O–H groups in total. The molecule has 1 atom stereocenters. The summed E-state index contributed by atoms with van der Waals surface area (Å²) in [6.45, 7) is 4.05. The third-order valence-corrected chi connectivity index (χ3v) is 3.40. The van der Waals surface area contributed by atoms with Crippen LogP contribution in [0.1, 0.15) is 26.7 Å². The van der Waals surface area contributed by atoms with Crippen LogP contribution in [0, 0.1) is 5.92 Å². The van der Waals surface area contributed by atoms with Crippen LogP contribution >= 0.6 is 0 Å². The fourth-order valence-corrected chi connectivity index (χ4v) is 2.12. The van der Waals surface area contributed by atoms with Crippen LogP contribution in [0.3, 0.4) is 0 Å².